The number of carbonyl (C=O) groups is 3. The number of hydrogen-bond donors (Lipinski definition) is 3. The molecule has 0 unspecified atom stereocenters. The van der Waals surface area contributed by atoms with E-state index in [1.54, 1.807) is 0 Å². The van der Waals surface area contributed by atoms with Crippen molar-refractivity contribution in [2.45, 2.75) is 78.2 Å². The fourth-order valence-corrected chi connectivity index (χ4v) is 4.74. The molecule has 0 heterocycles. The van der Waals surface area contributed by atoms with Crippen molar-refractivity contribution in [1.82, 2.24) is 16.0 Å². The number of hydrogen-bond acceptors (Lipinski definition) is 5. The summed E-state index contributed by atoms with van der Waals surface area (Å²) in [6.07, 6.45) is 1.35. The Kier molecular flexibility index (Phi) is 13.2. The second kappa shape index (κ2) is 17.1. The van der Waals surface area contributed by atoms with E-state index < -0.39 is 24.1 Å². The minimum atomic E-state index is -0.784. The van der Waals surface area contributed by atoms with Gasteiger partial charge >= 0.3 is 5.97 Å². The van der Waals surface area contributed by atoms with Crippen molar-refractivity contribution >= 4 is 17.8 Å². The number of ether oxygens (including phenoxy) is 1. The van der Waals surface area contributed by atoms with Gasteiger partial charge in [0.2, 0.25) is 11.8 Å². The molecule has 0 bridgehead atoms. The van der Waals surface area contributed by atoms with E-state index in [0.29, 0.717) is 25.8 Å². The first kappa shape index (κ1) is 32.5. The number of carbonyl (C=O) groups excluding carboxylic acids is 3. The monoisotopic (exact) mass is 571 g/mol. The molecule has 3 aromatic rings. The van der Waals surface area contributed by atoms with Crippen LogP contribution >= 0.6 is 0 Å². The molecule has 0 aliphatic heterocycles. The van der Waals surface area contributed by atoms with Crippen LogP contribution in [0, 0.1) is 11.8 Å². The van der Waals surface area contributed by atoms with E-state index in [4.69, 9.17) is 4.74 Å². The van der Waals surface area contributed by atoms with E-state index in [9.17, 15) is 14.4 Å². The molecule has 7 heteroatoms. The fraction of sp³-hybridized carbons (Fsp3) is 0.400. The van der Waals surface area contributed by atoms with Crippen molar-refractivity contribution < 1.29 is 19.1 Å². The van der Waals surface area contributed by atoms with Crippen molar-refractivity contribution in [3.63, 3.8) is 0 Å². The van der Waals surface area contributed by atoms with Crippen LogP contribution < -0.4 is 16.0 Å². The third-order valence-corrected chi connectivity index (χ3v) is 6.87. The van der Waals surface area contributed by atoms with Crippen molar-refractivity contribution in [2.75, 3.05) is 0 Å². The lowest BCUT2D eigenvalue weighted by Gasteiger charge is -2.28. The molecule has 2 amide bonds. The van der Waals surface area contributed by atoms with Gasteiger partial charge < -0.3 is 15.4 Å². The van der Waals surface area contributed by atoms with Crippen LogP contribution in [0.2, 0.25) is 0 Å². The topological polar surface area (TPSA) is 96.5 Å². The van der Waals surface area contributed by atoms with Gasteiger partial charge in [-0.2, -0.15) is 0 Å². The molecule has 42 heavy (non-hydrogen) atoms. The van der Waals surface area contributed by atoms with Crippen molar-refractivity contribution in [3.8, 4) is 0 Å². The van der Waals surface area contributed by atoms with E-state index in [1.165, 1.54) is 0 Å². The maximum atomic E-state index is 13.8. The summed E-state index contributed by atoms with van der Waals surface area (Å²) in [5.74, 6) is -0.600. The van der Waals surface area contributed by atoms with E-state index in [1.807, 2.05) is 119 Å². The molecule has 0 fully saturated rings. The van der Waals surface area contributed by atoms with Gasteiger partial charge in [-0.15, -0.1) is 0 Å². The molecule has 7 nitrogen and oxygen atoms in total. The predicted octanol–water partition coefficient (Wildman–Crippen LogP) is 5.19. The smallest absolute Gasteiger partial charge is 0.323 e. The second-order valence-electron chi connectivity index (χ2n) is 11.6. The van der Waals surface area contributed by atoms with Crippen LogP contribution in [0.3, 0.4) is 0 Å². The molecule has 0 aliphatic carbocycles. The highest BCUT2D eigenvalue weighted by atomic mass is 16.5. The normalized spacial score (nSPS) is 13.3. The molecule has 3 atom stereocenters. The van der Waals surface area contributed by atoms with Crippen molar-refractivity contribution in [1.29, 1.82) is 0 Å². The van der Waals surface area contributed by atoms with Crippen LogP contribution in [0.5, 0.6) is 0 Å². The van der Waals surface area contributed by atoms with Crippen LogP contribution in [0.25, 0.3) is 0 Å². The number of rotatable bonds is 16. The molecular formula is C35H45N3O4. The molecule has 0 aliphatic rings. The Morgan fingerprint density at radius 2 is 1.12 bits per heavy atom. The highest BCUT2D eigenvalue weighted by Gasteiger charge is 2.31. The molecule has 0 saturated carbocycles. The summed E-state index contributed by atoms with van der Waals surface area (Å²) in [5, 5.41) is 9.27. The lowest BCUT2D eigenvalue weighted by Crippen LogP contribution is -2.56. The van der Waals surface area contributed by atoms with Gasteiger partial charge in [0.05, 0.1) is 6.04 Å². The molecule has 3 aromatic carbocycles. The van der Waals surface area contributed by atoms with Gasteiger partial charge in [-0.1, -0.05) is 119 Å². The quantitative estimate of drug-likeness (QED) is 0.206. The standard InChI is InChI=1S/C35H45N3O4/c1-25(2)20-30(37-32(21-26(3)4)35(41)42-24-29-18-12-7-13-19-29)34(40)38-31(22-27-14-8-5-9-15-27)33(39)36-23-28-16-10-6-11-17-28/h5-19,25-26,30-32,37H,20-24H2,1-4H3,(H,36,39)(H,38,40)/t30-,31-,32+/m0/s1. The van der Waals surface area contributed by atoms with Crippen LogP contribution in [-0.2, 0) is 38.7 Å². The van der Waals surface area contributed by atoms with Gasteiger partial charge in [0.15, 0.2) is 0 Å². The molecule has 0 aromatic heterocycles. The Morgan fingerprint density at radius 3 is 1.67 bits per heavy atom. The molecule has 0 radical (unpaired) electrons. The Hall–Kier alpha value is -3.97. The highest BCUT2D eigenvalue weighted by molar-refractivity contribution is 5.90. The van der Waals surface area contributed by atoms with Gasteiger partial charge in [-0.3, -0.25) is 19.7 Å². The zero-order valence-electron chi connectivity index (χ0n) is 25.2. The zero-order valence-corrected chi connectivity index (χ0v) is 25.2. The van der Waals surface area contributed by atoms with Gasteiger partial charge in [-0.25, -0.2) is 0 Å². The number of nitrogens with one attached hydrogen (secondary N) is 3. The van der Waals surface area contributed by atoms with Crippen molar-refractivity contribution in [3.05, 3.63) is 108 Å². The molecule has 224 valence electrons. The van der Waals surface area contributed by atoms with Gasteiger partial charge in [0.1, 0.15) is 18.7 Å². The Balaban J connectivity index is 1.74. The Labute approximate surface area is 250 Å². The van der Waals surface area contributed by atoms with Gasteiger partial charge in [0, 0.05) is 13.0 Å². The Morgan fingerprint density at radius 1 is 0.619 bits per heavy atom. The number of benzene rings is 3. The number of esters is 1. The van der Waals surface area contributed by atoms with Gasteiger partial charge in [-0.05, 0) is 41.4 Å². The SMILES string of the molecule is CC(C)C[C@H](N[C@H](CC(C)C)C(=O)OCc1ccccc1)C(=O)N[C@@H](Cc1ccccc1)C(=O)NCc1ccccc1. The zero-order chi connectivity index (χ0) is 30.3. The van der Waals surface area contributed by atoms with E-state index in [0.717, 1.165) is 16.7 Å². The van der Waals surface area contributed by atoms with Gasteiger partial charge in [0.25, 0.3) is 0 Å². The molecular weight excluding hydrogens is 526 g/mol. The maximum absolute atomic E-state index is 13.8. The summed E-state index contributed by atoms with van der Waals surface area (Å²) in [6.45, 7) is 8.64. The van der Waals surface area contributed by atoms with Crippen molar-refractivity contribution in [2.24, 2.45) is 11.8 Å². The third kappa shape index (κ3) is 11.5. The average Bonchev–Trinajstić information content (AvgIpc) is 2.98. The lowest BCUT2D eigenvalue weighted by atomic mass is 9.98. The van der Waals surface area contributed by atoms with E-state index in [2.05, 4.69) is 16.0 Å². The lowest BCUT2D eigenvalue weighted by molar-refractivity contribution is -0.148. The summed E-state index contributed by atoms with van der Waals surface area (Å²) in [6, 6.07) is 26.7. The predicted molar refractivity (Wildman–Crippen MR) is 166 cm³/mol. The van der Waals surface area contributed by atoms with E-state index >= 15 is 0 Å². The Bertz CT molecular complexity index is 1230. The molecule has 0 spiro atoms. The minimum Gasteiger partial charge on any atom is -0.460 e. The second-order valence-corrected chi connectivity index (χ2v) is 11.6. The molecule has 0 saturated heterocycles. The first-order chi connectivity index (χ1) is 20.2. The summed E-state index contributed by atoms with van der Waals surface area (Å²) in [4.78, 5) is 40.4. The fourth-order valence-electron chi connectivity index (χ4n) is 4.74. The average molecular weight is 572 g/mol. The third-order valence-electron chi connectivity index (χ3n) is 6.87. The minimum absolute atomic E-state index is 0.164. The first-order valence-corrected chi connectivity index (χ1v) is 14.8. The van der Waals surface area contributed by atoms with Crippen LogP contribution in [0.15, 0.2) is 91.0 Å². The maximum Gasteiger partial charge on any atom is 0.323 e. The van der Waals surface area contributed by atoms with Crippen LogP contribution in [0.1, 0.15) is 57.2 Å². The largest absolute Gasteiger partial charge is 0.460 e. The number of amides is 2. The molecule has 3 rings (SSSR count). The summed E-state index contributed by atoms with van der Waals surface area (Å²) >= 11 is 0. The highest BCUT2D eigenvalue weighted by Crippen LogP contribution is 2.14. The summed E-state index contributed by atoms with van der Waals surface area (Å²) in [5.41, 5.74) is 2.81. The molecule has 3 N–H and O–H groups in total. The van der Waals surface area contributed by atoms with E-state index in [-0.39, 0.29) is 30.3 Å². The summed E-state index contributed by atoms with van der Waals surface area (Å²) in [7, 11) is 0. The summed E-state index contributed by atoms with van der Waals surface area (Å²) < 4.78 is 5.65. The first-order valence-electron chi connectivity index (χ1n) is 14.8. The van der Waals surface area contributed by atoms with Crippen LogP contribution in [0.4, 0.5) is 0 Å². The van der Waals surface area contributed by atoms with Crippen LogP contribution in [-0.4, -0.2) is 35.9 Å².